The van der Waals surface area contributed by atoms with E-state index in [9.17, 15) is 14.4 Å². The summed E-state index contributed by atoms with van der Waals surface area (Å²) in [6, 6.07) is 33.0. The molecule has 4 aromatic rings. The highest BCUT2D eigenvalue weighted by atomic mass is 17.2. The van der Waals surface area contributed by atoms with Gasteiger partial charge in [-0.05, 0) is 46.5 Å². The zero-order valence-corrected chi connectivity index (χ0v) is 26.7. The molecule has 2 unspecified atom stereocenters. The van der Waals surface area contributed by atoms with Gasteiger partial charge in [0.05, 0.1) is 11.1 Å². The van der Waals surface area contributed by atoms with Crippen molar-refractivity contribution in [3.05, 3.63) is 120 Å². The number of benzene rings is 4. The maximum absolute atomic E-state index is 12.8. The third kappa shape index (κ3) is 9.50. The van der Waals surface area contributed by atoms with Crippen molar-refractivity contribution in [1.29, 1.82) is 0 Å². The van der Waals surface area contributed by atoms with Gasteiger partial charge in [0.25, 0.3) is 12.6 Å². The van der Waals surface area contributed by atoms with Crippen molar-refractivity contribution in [2.75, 3.05) is 0 Å². The van der Waals surface area contributed by atoms with Crippen LogP contribution in [0.3, 0.4) is 0 Å². The van der Waals surface area contributed by atoms with Crippen molar-refractivity contribution in [3.63, 3.8) is 0 Å². The third-order valence-corrected chi connectivity index (χ3v) is 6.70. The molecule has 0 heterocycles. The topological polar surface area (TPSA) is 107 Å². The normalized spacial score (nSPS) is 12.8. The van der Waals surface area contributed by atoms with Crippen molar-refractivity contribution in [2.24, 2.45) is 10.8 Å². The molecule has 4 aromatic carbocycles. The Morgan fingerprint density at radius 2 is 0.761 bits per heavy atom. The molecule has 0 N–H and O–H groups in total. The van der Waals surface area contributed by atoms with E-state index in [0.717, 1.165) is 22.3 Å². The van der Waals surface area contributed by atoms with Gasteiger partial charge in [0.1, 0.15) is 0 Å². The van der Waals surface area contributed by atoms with Crippen LogP contribution in [0.2, 0.25) is 0 Å². The lowest BCUT2D eigenvalue weighted by Crippen LogP contribution is -2.39. The summed E-state index contributed by atoms with van der Waals surface area (Å²) in [5.74, 6) is -1.55. The van der Waals surface area contributed by atoms with Crippen molar-refractivity contribution in [1.82, 2.24) is 0 Å². The van der Waals surface area contributed by atoms with Crippen molar-refractivity contribution >= 4 is 18.1 Å². The molecule has 0 spiro atoms. The predicted molar refractivity (Wildman–Crippen MR) is 171 cm³/mol. The first kappa shape index (κ1) is 33.9. The second-order valence-electron chi connectivity index (χ2n) is 12.7. The summed E-state index contributed by atoms with van der Waals surface area (Å²) in [5, 5.41) is 0. The zero-order chi connectivity index (χ0) is 33.3. The molecule has 0 aliphatic carbocycles. The van der Waals surface area contributed by atoms with E-state index in [1.165, 1.54) is 0 Å². The molecule has 0 radical (unpaired) electrons. The van der Waals surface area contributed by atoms with Gasteiger partial charge in [-0.1, -0.05) is 126 Å². The molecule has 0 amide bonds. The summed E-state index contributed by atoms with van der Waals surface area (Å²) in [4.78, 5) is 58.8. The van der Waals surface area contributed by atoms with Crippen LogP contribution >= 0.6 is 0 Å². The van der Waals surface area contributed by atoms with Crippen molar-refractivity contribution < 1.29 is 43.4 Å². The molecule has 9 heteroatoms. The Labute approximate surface area is 268 Å². The fraction of sp³-hybridized carbons (Fsp3) is 0.270. The summed E-state index contributed by atoms with van der Waals surface area (Å²) >= 11 is 0. The molecule has 9 nitrogen and oxygen atoms in total. The van der Waals surface area contributed by atoms with Crippen LogP contribution in [-0.4, -0.2) is 30.7 Å². The standard InChI is InChI=1S/C37H38O9/c1-36(2,3)33(45-43-31(38)29-21-17-27(18-22-29)25-13-9-7-10-14-25)41-35(40)42-34(37(4,5)6)46-44-32(39)30-23-19-28(20-24-30)26-15-11-8-12-16-26/h7-24,33-34H,1-6H3. The molecule has 0 aliphatic rings. The summed E-state index contributed by atoms with van der Waals surface area (Å²) < 4.78 is 10.7. The van der Waals surface area contributed by atoms with Crippen molar-refractivity contribution in [2.45, 2.75) is 54.1 Å². The molecule has 0 bridgehead atoms. The van der Waals surface area contributed by atoms with Crippen LogP contribution in [-0.2, 0) is 29.0 Å². The van der Waals surface area contributed by atoms with Gasteiger partial charge in [0, 0.05) is 10.8 Å². The van der Waals surface area contributed by atoms with E-state index in [2.05, 4.69) is 0 Å². The first-order chi connectivity index (χ1) is 21.8. The Bertz CT molecular complexity index is 1460. The maximum atomic E-state index is 12.8. The number of hydrogen-bond donors (Lipinski definition) is 0. The monoisotopic (exact) mass is 626 g/mol. The zero-order valence-electron chi connectivity index (χ0n) is 26.7. The smallest absolute Gasteiger partial charge is 0.400 e. The number of ether oxygens (including phenoxy) is 2. The molecule has 0 aliphatic heterocycles. The fourth-order valence-electron chi connectivity index (χ4n) is 4.01. The van der Waals surface area contributed by atoms with E-state index in [1.54, 1.807) is 90.1 Å². The fourth-order valence-corrected chi connectivity index (χ4v) is 4.01. The van der Waals surface area contributed by atoms with Crippen LogP contribution in [0.4, 0.5) is 4.79 Å². The Hall–Kier alpha value is -4.99. The molecule has 0 fully saturated rings. The molecule has 240 valence electrons. The predicted octanol–water partition coefficient (Wildman–Crippen LogP) is 8.80. The molecule has 2 atom stereocenters. The molecule has 0 aromatic heterocycles. The minimum atomic E-state index is -1.35. The summed E-state index contributed by atoms with van der Waals surface area (Å²) in [6.45, 7) is 10.3. The average molecular weight is 627 g/mol. The molecule has 0 saturated heterocycles. The SMILES string of the molecule is CC(C)(C)C(OOC(=O)c1ccc(-c2ccccc2)cc1)OC(=O)OC(OOC(=O)c1ccc(-c2ccccc2)cc1)C(C)(C)C. The highest BCUT2D eigenvalue weighted by molar-refractivity contribution is 5.90. The van der Waals surface area contributed by atoms with Gasteiger partial charge in [-0.3, -0.25) is 9.78 Å². The number of hydrogen-bond acceptors (Lipinski definition) is 9. The number of carbonyl (C=O) groups is 3. The lowest BCUT2D eigenvalue weighted by Gasteiger charge is -2.30. The third-order valence-electron chi connectivity index (χ3n) is 6.70. The average Bonchev–Trinajstić information content (AvgIpc) is 3.04. The largest absolute Gasteiger partial charge is 0.513 e. The highest BCUT2D eigenvalue weighted by Crippen LogP contribution is 2.28. The van der Waals surface area contributed by atoms with E-state index in [-0.39, 0.29) is 11.1 Å². The maximum Gasteiger partial charge on any atom is 0.513 e. The van der Waals surface area contributed by atoms with Crippen LogP contribution in [0.5, 0.6) is 0 Å². The van der Waals surface area contributed by atoms with Gasteiger partial charge in [-0.15, -0.1) is 9.78 Å². The van der Waals surface area contributed by atoms with Crippen LogP contribution in [0.25, 0.3) is 22.3 Å². The molecule has 0 saturated carbocycles. The Balaban J connectivity index is 1.32. The lowest BCUT2D eigenvalue weighted by molar-refractivity contribution is -0.371. The van der Waals surface area contributed by atoms with Gasteiger partial charge in [-0.2, -0.15) is 0 Å². The minimum Gasteiger partial charge on any atom is -0.400 e. The van der Waals surface area contributed by atoms with Gasteiger partial charge >= 0.3 is 18.1 Å². The first-order valence-electron chi connectivity index (χ1n) is 14.7. The van der Waals surface area contributed by atoms with Crippen molar-refractivity contribution in [3.8, 4) is 22.3 Å². The molecule has 4 rings (SSSR count). The summed E-state index contributed by atoms with van der Waals surface area (Å²) in [7, 11) is 0. The first-order valence-corrected chi connectivity index (χ1v) is 14.7. The quantitative estimate of drug-likeness (QED) is 0.0739. The van der Waals surface area contributed by atoms with Gasteiger partial charge in [-0.25, -0.2) is 14.4 Å². The van der Waals surface area contributed by atoms with Gasteiger partial charge in [0.2, 0.25) is 0 Å². The van der Waals surface area contributed by atoms with Crippen LogP contribution in [0, 0.1) is 10.8 Å². The van der Waals surface area contributed by atoms with Crippen LogP contribution in [0.1, 0.15) is 62.3 Å². The molecule has 46 heavy (non-hydrogen) atoms. The summed E-state index contributed by atoms with van der Waals surface area (Å²) in [5.41, 5.74) is 2.70. The van der Waals surface area contributed by atoms with E-state index in [1.807, 2.05) is 60.7 Å². The van der Waals surface area contributed by atoms with Gasteiger partial charge < -0.3 is 9.47 Å². The second-order valence-corrected chi connectivity index (χ2v) is 12.7. The summed E-state index contributed by atoms with van der Waals surface area (Å²) in [6.07, 6.45) is -3.89. The van der Waals surface area contributed by atoms with E-state index in [4.69, 9.17) is 29.0 Å². The van der Waals surface area contributed by atoms with Crippen LogP contribution < -0.4 is 0 Å². The molecular formula is C37H38O9. The Kier molecular flexibility index (Phi) is 10.9. The number of rotatable bonds is 10. The van der Waals surface area contributed by atoms with E-state index in [0.29, 0.717) is 0 Å². The van der Waals surface area contributed by atoms with E-state index < -0.39 is 41.5 Å². The second kappa shape index (κ2) is 14.9. The highest BCUT2D eigenvalue weighted by Gasteiger charge is 2.37. The number of carbonyl (C=O) groups excluding carboxylic acids is 3. The minimum absolute atomic E-state index is 0.243. The molecular weight excluding hydrogens is 588 g/mol. The Morgan fingerprint density at radius 3 is 1.07 bits per heavy atom. The van der Waals surface area contributed by atoms with Gasteiger partial charge in [0.15, 0.2) is 0 Å². The van der Waals surface area contributed by atoms with Crippen LogP contribution in [0.15, 0.2) is 109 Å². The van der Waals surface area contributed by atoms with E-state index >= 15 is 0 Å². The lowest BCUT2D eigenvalue weighted by atomic mass is 9.96. The Morgan fingerprint density at radius 1 is 0.457 bits per heavy atom.